The molecule has 6 atom stereocenters. The number of hydrogen-bond acceptors (Lipinski definition) is 0. The van der Waals surface area contributed by atoms with Crippen LogP contribution in [0.1, 0.15) is 119 Å². The minimum Gasteiger partial charge on any atom is -0.103 e. The molecule has 0 unspecified atom stereocenters. The van der Waals surface area contributed by atoms with E-state index >= 15 is 0 Å². The topological polar surface area (TPSA) is 0 Å². The molecule has 0 N–H and O–H groups in total. The van der Waals surface area contributed by atoms with Crippen LogP contribution in [0.4, 0.5) is 0 Å². The molecule has 1 saturated carbocycles. The molecular weight excluding hydrogens is 384 g/mol. The first kappa shape index (κ1) is 24.3. The zero-order chi connectivity index (χ0) is 23.3. The van der Waals surface area contributed by atoms with Gasteiger partial charge in [0.2, 0.25) is 0 Å². The molecule has 0 spiro atoms. The molecule has 0 aromatic carbocycles. The van der Waals surface area contributed by atoms with Crippen LogP contribution in [-0.4, -0.2) is 0 Å². The third-order valence-electron chi connectivity index (χ3n) is 10.8. The Labute approximate surface area is 200 Å². The monoisotopic (exact) mass is 436 g/mol. The highest BCUT2D eigenvalue weighted by molar-refractivity contribution is 5.49. The van der Waals surface area contributed by atoms with Crippen molar-refractivity contribution < 1.29 is 0 Å². The van der Waals surface area contributed by atoms with E-state index < -0.39 is 0 Å². The lowest BCUT2D eigenvalue weighted by atomic mass is 9.45. The molecule has 0 bridgehead atoms. The van der Waals surface area contributed by atoms with Crippen molar-refractivity contribution in [3.63, 3.8) is 0 Å². The first-order valence-electron chi connectivity index (χ1n) is 14.1. The van der Waals surface area contributed by atoms with E-state index in [9.17, 15) is 0 Å². The van der Waals surface area contributed by atoms with Gasteiger partial charge in [-0.05, 0) is 108 Å². The second-order valence-electron chi connectivity index (χ2n) is 13.9. The lowest BCUT2D eigenvalue weighted by molar-refractivity contribution is -0.0236. The Balaban J connectivity index is 1.60. The normalized spacial score (nSPS) is 39.2. The van der Waals surface area contributed by atoms with Crippen LogP contribution in [0.5, 0.6) is 0 Å². The maximum atomic E-state index is 4.10. The Morgan fingerprint density at radius 2 is 1.78 bits per heavy atom. The van der Waals surface area contributed by atoms with Crippen LogP contribution in [0.3, 0.4) is 0 Å². The zero-order valence-corrected chi connectivity index (χ0v) is 22.5. The van der Waals surface area contributed by atoms with Crippen molar-refractivity contribution in [2.75, 3.05) is 0 Å². The van der Waals surface area contributed by atoms with Crippen molar-refractivity contribution in [2.24, 2.45) is 45.8 Å². The van der Waals surface area contributed by atoms with Crippen LogP contribution in [-0.2, 0) is 0 Å². The van der Waals surface area contributed by atoms with E-state index in [0.29, 0.717) is 16.2 Å². The Morgan fingerprint density at radius 3 is 2.47 bits per heavy atom. The molecule has 4 aliphatic carbocycles. The standard InChI is InChI=1S/C32H52/c1-9-11-24-20-30(5,6)29-17-14-25-27-16-15-26(23(4)13-10-12-22(2)3)31(27,7)19-18-28(25)32(29,8)21-24/h9,16,22-24,26,29H,1,10-15,17-21H2,2-8H3/t23-,24+,26-,29+,31-,32-/m1/s1. The Hall–Kier alpha value is -0.780. The van der Waals surface area contributed by atoms with Crippen LogP contribution < -0.4 is 0 Å². The summed E-state index contributed by atoms with van der Waals surface area (Å²) in [7, 11) is 0. The zero-order valence-electron chi connectivity index (χ0n) is 22.5. The van der Waals surface area contributed by atoms with E-state index in [-0.39, 0.29) is 0 Å². The molecule has 1 fully saturated rings. The Kier molecular flexibility index (Phi) is 6.68. The molecule has 4 rings (SSSR count). The first-order chi connectivity index (χ1) is 15.0. The number of hydrogen-bond donors (Lipinski definition) is 0. The third-order valence-corrected chi connectivity index (χ3v) is 10.8. The molecule has 0 heteroatoms. The van der Waals surface area contributed by atoms with Crippen LogP contribution in [0.2, 0.25) is 0 Å². The first-order valence-corrected chi connectivity index (χ1v) is 14.1. The van der Waals surface area contributed by atoms with Gasteiger partial charge in [0, 0.05) is 0 Å². The highest BCUT2D eigenvalue weighted by atomic mass is 14.6. The molecule has 0 amide bonds. The molecule has 32 heavy (non-hydrogen) atoms. The molecule has 180 valence electrons. The third kappa shape index (κ3) is 4.01. The number of fused-ring (bicyclic) bond motifs is 4. The van der Waals surface area contributed by atoms with Gasteiger partial charge < -0.3 is 0 Å². The summed E-state index contributed by atoms with van der Waals surface area (Å²) in [5.41, 5.74) is 6.84. The van der Waals surface area contributed by atoms with Crippen molar-refractivity contribution in [2.45, 2.75) is 119 Å². The van der Waals surface area contributed by atoms with Crippen molar-refractivity contribution in [1.82, 2.24) is 0 Å². The van der Waals surface area contributed by atoms with Gasteiger partial charge >= 0.3 is 0 Å². The molecule has 0 aromatic heterocycles. The second kappa shape index (κ2) is 8.78. The van der Waals surface area contributed by atoms with Gasteiger partial charge in [-0.15, -0.1) is 6.58 Å². The summed E-state index contributed by atoms with van der Waals surface area (Å²) in [6, 6.07) is 0. The van der Waals surface area contributed by atoms with Crippen LogP contribution in [0.25, 0.3) is 0 Å². The fourth-order valence-corrected chi connectivity index (χ4v) is 9.55. The van der Waals surface area contributed by atoms with Crippen molar-refractivity contribution in [3.8, 4) is 0 Å². The van der Waals surface area contributed by atoms with Gasteiger partial charge in [0.1, 0.15) is 0 Å². The quantitative estimate of drug-likeness (QED) is 0.348. The smallest absolute Gasteiger partial charge is 0.00389 e. The fourth-order valence-electron chi connectivity index (χ4n) is 9.55. The SMILES string of the molecule is C=CC[C@H]1CC(C)(C)[C@@H]2CCC3=C(CC[C@@]4(C)C3=CC[C@@H]4[C@H](C)CCCC(C)C)[C@@]2(C)C1. The van der Waals surface area contributed by atoms with Gasteiger partial charge in [0.15, 0.2) is 0 Å². The molecule has 0 nitrogen and oxygen atoms in total. The lowest BCUT2D eigenvalue weighted by Crippen LogP contribution is -2.50. The maximum Gasteiger partial charge on any atom is -0.00389 e. The Bertz CT molecular complexity index is 776. The average Bonchev–Trinajstić information content (AvgIpc) is 3.04. The minimum atomic E-state index is 0.409. The van der Waals surface area contributed by atoms with Gasteiger partial charge in [-0.1, -0.05) is 85.5 Å². The second-order valence-corrected chi connectivity index (χ2v) is 13.9. The highest BCUT2D eigenvalue weighted by Gasteiger charge is 2.56. The number of allylic oxidation sites excluding steroid dienone is 5. The summed E-state index contributed by atoms with van der Waals surface area (Å²) in [6.45, 7) is 21.9. The molecule has 0 heterocycles. The van der Waals surface area contributed by atoms with Gasteiger partial charge in [-0.2, -0.15) is 0 Å². The van der Waals surface area contributed by atoms with E-state index in [4.69, 9.17) is 0 Å². The molecule has 4 aliphatic rings. The highest BCUT2D eigenvalue weighted by Crippen LogP contribution is 2.67. The fraction of sp³-hybridized carbons (Fsp3) is 0.812. The van der Waals surface area contributed by atoms with Crippen LogP contribution >= 0.6 is 0 Å². The van der Waals surface area contributed by atoms with Gasteiger partial charge in [-0.25, -0.2) is 0 Å². The summed E-state index contributed by atoms with van der Waals surface area (Å²) < 4.78 is 0. The van der Waals surface area contributed by atoms with E-state index in [1.165, 1.54) is 70.6 Å². The van der Waals surface area contributed by atoms with E-state index in [1.807, 2.05) is 16.7 Å². The molecule has 0 aromatic rings. The van der Waals surface area contributed by atoms with Crippen LogP contribution in [0, 0.1) is 45.8 Å². The summed E-state index contributed by atoms with van der Waals surface area (Å²) >= 11 is 0. The van der Waals surface area contributed by atoms with Crippen molar-refractivity contribution in [1.29, 1.82) is 0 Å². The molecule has 0 radical (unpaired) electrons. The average molecular weight is 437 g/mol. The lowest BCUT2D eigenvalue weighted by Gasteiger charge is -2.59. The van der Waals surface area contributed by atoms with E-state index in [2.05, 4.69) is 67.2 Å². The largest absolute Gasteiger partial charge is 0.103 e. The predicted octanol–water partition coefficient (Wildman–Crippen LogP) is 9.92. The van der Waals surface area contributed by atoms with Crippen molar-refractivity contribution in [3.05, 3.63) is 35.5 Å². The number of rotatable bonds is 7. The van der Waals surface area contributed by atoms with E-state index in [0.717, 1.165) is 29.6 Å². The molecular formula is C32H52. The predicted molar refractivity (Wildman–Crippen MR) is 141 cm³/mol. The van der Waals surface area contributed by atoms with Gasteiger partial charge in [0.25, 0.3) is 0 Å². The molecule has 0 aliphatic heterocycles. The molecule has 0 saturated heterocycles. The Morgan fingerprint density at radius 1 is 1.03 bits per heavy atom. The summed E-state index contributed by atoms with van der Waals surface area (Å²) in [4.78, 5) is 0. The van der Waals surface area contributed by atoms with Gasteiger partial charge in [-0.3, -0.25) is 0 Å². The minimum absolute atomic E-state index is 0.409. The maximum absolute atomic E-state index is 4.10. The van der Waals surface area contributed by atoms with Gasteiger partial charge in [0.05, 0.1) is 0 Å². The van der Waals surface area contributed by atoms with E-state index in [1.54, 1.807) is 0 Å². The van der Waals surface area contributed by atoms with Crippen LogP contribution in [0.15, 0.2) is 35.5 Å². The summed E-state index contributed by atoms with van der Waals surface area (Å²) in [5.74, 6) is 4.23. The summed E-state index contributed by atoms with van der Waals surface area (Å²) in [6.07, 6.45) is 20.0. The van der Waals surface area contributed by atoms with Crippen molar-refractivity contribution >= 4 is 0 Å². The summed E-state index contributed by atoms with van der Waals surface area (Å²) in [5, 5.41) is 0.